The second kappa shape index (κ2) is 10.4. The van der Waals surface area contributed by atoms with Gasteiger partial charge in [0, 0.05) is 10.6 Å². The molecule has 0 bridgehead atoms. The van der Waals surface area contributed by atoms with Gasteiger partial charge < -0.3 is 5.32 Å². The molecule has 0 saturated heterocycles. The summed E-state index contributed by atoms with van der Waals surface area (Å²) in [5, 5.41) is 2.84. The van der Waals surface area contributed by atoms with Crippen molar-refractivity contribution in [1.29, 1.82) is 0 Å². The van der Waals surface area contributed by atoms with Gasteiger partial charge in [-0.15, -0.1) is 11.3 Å². The topological polar surface area (TPSA) is 129 Å². The van der Waals surface area contributed by atoms with Gasteiger partial charge >= 0.3 is 6.03 Å². The van der Waals surface area contributed by atoms with Crippen molar-refractivity contribution in [2.75, 3.05) is 12.4 Å². The number of sulfonamides is 1. The smallest absolute Gasteiger partial charge is 0.307 e. The zero-order chi connectivity index (χ0) is 25.2. The standard InChI is InChI=1S/C21H17ClN4O6S3/c1-12-23-17-8-7-15(34-32-31-2)11-16(17)20(27)26(12)14-5-3-13(4-6-14)24-21(28)25-35(29,30)19-10-9-18(22)33-19/h3-11H,1-2H3,(H2,24,25,28). The lowest BCUT2D eigenvalue weighted by Gasteiger charge is -2.12. The van der Waals surface area contributed by atoms with Crippen molar-refractivity contribution in [3.63, 3.8) is 0 Å². The van der Waals surface area contributed by atoms with Gasteiger partial charge in [0.25, 0.3) is 15.6 Å². The van der Waals surface area contributed by atoms with E-state index in [9.17, 15) is 18.0 Å². The van der Waals surface area contributed by atoms with Crippen molar-refractivity contribution < 1.29 is 22.4 Å². The Morgan fingerprint density at radius 1 is 1.14 bits per heavy atom. The van der Waals surface area contributed by atoms with Crippen LogP contribution in [0.15, 0.2) is 68.5 Å². The van der Waals surface area contributed by atoms with Crippen LogP contribution in [0.3, 0.4) is 0 Å². The average molecular weight is 553 g/mol. The van der Waals surface area contributed by atoms with Crippen molar-refractivity contribution in [2.24, 2.45) is 0 Å². The van der Waals surface area contributed by atoms with Crippen molar-refractivity contribution in [3.8, 4) is 5.69 Å². The molecular weight excluding hydrogens is 536 g/mol. The van der Waals surface area contributed by atoms with Gasteiger partial charge in [0.15, 0.2) is 0 Å². The molecule has 0 fully saturated rings. The third-order valence-electron chi connectivity index (χ3n) is 4.63. The SMILES string of the molecule is COOSc1ccc2nc(C)n(-c3ccc(NC(=O)NS(=O)(=O)c4ccc(Cl)s4)cc3)c(=O)c2c1. The third kappa shape index (κ3) is 5.66. The quantitative estimate of drug-likeness (QED) is 0.195. The number of fused-ring (bicyclic) bond motifs is 1. The first-order chi connectivity index (χ1) is 16.7. The number of aromatic nitrogens is 2. The highest BCUT2D eigenvalue weighted by atomic mass is 35.5. The number of thiophene rings is 1. The number of nitrogens with zero attached hydrogens (tertiary/aromatic N) is 2. The van der Waals surface area contributed by atoms with Crippen LogP contribution < -0.4 is 15.6 Å². The Kier molecular flexibility index (Phi) is 7.44. The first-order valence-corrected chi connectivity index (χ1v) is 13.2. The summed E-state index contributed by atoms with van der Waals surface area (Å²) in [5.41, 5.74) is 1.08. The number of rotatable bonds is 7. The summed E-state index contributed by atoms with van der Waals surface area (Å²) in [6, 6.07) is 13.2. The number of carbonyl (C=O) groups excluding carboxylic acids is 1. The molecule has 0 aliphatic carbocycles. The summed E-state index contributed by atoms with van der Waals surface area (Å²) in [4.78, 5) is 35.2. The van der Waals surface area contributed by atoms with Gasteiger partial charge in [0.05, 0.1) is 40.1 Å². The minimum atomic E-state index is -4.05. The molecule has 2 amide bonds. The highest BCUT2D eigenvalue weighted by Crippen LogP contribution is 2.26. The van der Waals surface area contributed by atoms with E-state index >= 15 is 0 Å². The van der Waals surface area contributed by atoms with E-state index in [4.69, 9.17) is 15.9 Å². The molecule has 10 nitrogen and oxygen atoms in total. The normalized spacial score (nSPS) is 11.5. The van der Waals surface area contributed by atoms with Crippen LogP contribution in [-0.2, 0) is 19.2 Å². The highest BCUT2D eigenvalue weighted by Gasteiger charge is 2.20. The molecule has 2 N–H and O–H groups in total. The summed E-state index contributed by atoms with van der Waals surface area (Å²) >= 11 is 7.57. The molecule has 0 unspecified atom stereocenters. The summed E-state index contributed by atoms with van der Waals surface area (Å²) in [5.74, 6) is 0.468. The fourth-order valence-electron chi connectivity index (χ4n) is 3.17. The van der Waals surface area contributed by atoms with E-state index in [1.807, 2.05) is 4.72 Å². The van der Waals surface area contributed by atoms with E-state index in [-0.39, 0.29) is 14.1 Å². The van der Waals surface area contributed by atoms with Gasteiger partial charge in [-0.05, 0) is 61.5 Å². The number of anilines is 1. The Balaban J connectivity index is 1.55. The van der Waals surface area contributed by atoms with Crippen LogP contribution in [0.4, 0.5) is 10.5 Å². The molecule has 4 rings (SSSR count). The first kappa shape index (κ1) is 25.2. The van der Waals surface area contributed by atoms with Gasteiger partial charge in [0.1, 0.15) is 10.0 Å². The molecule has 35 heavy (non-hydrogen) atoms. The van der Waals surface area contributed by atoms with E-state index in [0.717, 1.165) is 23.4 Å². The maximum atomic E-state index is 13.2. The zero-order valence-electron chi connectivity index (χ0n) is 18.1. The Morgan fingerprint density at radius 2 is 1.89 bits per heavy atom. The summed E-state index contributed by atoms with van der Waals surface area (Å²) in [6.45, 7) is 1.71. The molecule has 0 aliphatic heterocycles. The van der Waals surface area contributed by atoms with Crippen LogP contribution in [0.1, 0.15) is 5.82 Å². The number of hydrogen-bond acceptors (Lipinski definition) is 9. The Bertz CT molecular complexity index is 1570. The molecule has 0 atom stereocenters. The number of urea groups is 1. The van der Waals surface area contributed by atoms with E-state index in [0.29, 0.717) is 33.0 Å². The van der Waals surface area contributed by atoms with Crippen molar-refractivity contribution in [3.05, 3.63) is 75.1 Å². The van der Waals surface area contributed by atoms with Crippen LogP contribution >= 0.6 is 35.0 Å². The lowest BCUT2D eigenvalue weighted by molar-refractivity contribution is -0.160. The Morgan fingerprint density at radius 3 is 2.54 bits per heavy atom. The number of benzene rings is 2. The molecule has 4 aromatic rings. The number of amides is 2. The third-order valence-corrected chi connectivity index (χ3v) is 8.33. The number of halogens is 1. The van der Waals surface area contributed by atoms with Crippen LogP contribution in [0.5, 0.6) is 0 Å². The van der Waals surface area contributed by atoms with E-state index in [1.54, 1.807) is 49.4 Å². The second-order valence-electron chi connectivity index (χ2n) is 6.96. The molecule has 0 saturated carbocycles. The fourth-order valence-corrected chi connectivity index (χ4v) is 6.00. The predicted octanol–water partition coefficient (Wildman–Crippen LogP) is 4.50. The lowest BCUT2D eigenvalue weighted by atomic mass is 10.2. The number of hydrogen-bond donors (Lipinski definition) is 2. The molecule has 0 spiro atoms. The van der Waals surface area contributed by atoms with Crippen LogP contribution in [-0.4, -0.2) is 31.1 Å². The van der Waals surface area contributed by atoms with Gasteiger partial charge in [-0.1, -0.05) is 11.6 Å². The van der Waals surface area contributed by atoms with Gasteiger partial charge in [-0.25, -0.2) is 27.8 Å². The summed E-state index contributed by atoms with van der Waals surface area (Å²) in [6.07, 6.45) is 0. The van der Waals surface area contributed by atoms with Gasteiger partial charge in [-0.2, -0.15) is 4.33 Å². The first-order valence-electron chi connectivity index (χ1n) is 9.78. The molecule has 2 aromatic heterocycles. The maximum Gasteiger partial charge on any atom is 0.333 e. The van der Waals surface area contributed by atoms with Crippen molar-refractivity contribution >= 4 is 67.6 Å². The van der Waals surface area contributed by atoms with Crippen molar-refractivity contribution in [1.82, 2.24) is 14.3 Å². The molecule has 0 aliphatic rings. The maximum absolute atomic E-state index is 13.2. The van der Waals surface area contributed by atoms with E-state index < -0.39 is 16.1 Å². The Hall–Kier alpha value is -2.94. The zero-order valence-corrected chi connectivity index (χ0v) is 21.3. The second-order valence-corrected chi connectivity index (χ2v) is 11.4. The van der Waals surface area contributed by atoms with Crippen molar-refractivity contribution in [2.45, 2.75) is 16.0 Å². The van der Waals surface area contributed by atoms with Gasteiger partial charge in [-0.3, -0.25) is 9.36 Å². The monoisotopic (exact) mass is 552 g/mol. The molecule has 182 valence electrons. The predicted molar refractivity (Wildman–Crippen MR) is 135 cm³/mol. The van der Waals surface area contributed by atoms with E-state index in [1.165, 1.54) is 23.8 Å². The highest BCUT2D eigenvalue weighted by molar-refractivity contribution is 7.94. The number of carbonyl (C=O) groups is 1. The minimum absolute atomic E-state index is 0.0815. The lowest BCUT2D eigenvalue weighted by Crippen LogP contribution is -2.33. The van der Waals surface area contributed by atoms with Crippen LogP contribution in [0.2, 0.25) is 4.34 Å². The fraction of sp³-hybridized carbons (Fsp3) is 0.0952. The Labute approximate surface area is 213 Å². The largest absolute Gasteiger partial charge is 0.333 e. The molecule has 2 aromatic carbocycles. The number of nitrogens with one attached hydrogen (secondary N) is 2. The van der Waals surface area contributed by atoms with E-state index in [2.05, 4.69) is 15.2 Å². The van der Waals surface area contributed by atoms with Gasteiger partial charge in [0.2, 0.25) is 0 Å². The molecule has 0 radical (unpaired) electrons. The van der Waals surface area contributed by atoms with Crippen LogP contribution in [0.25, 0.3) is 16.6 Å². The van der Waals surface area contributed by atoms with Crippen LogP contribution in [0, 0.1) is 6.92 Å². The molecule has 14 heteroatoms. The summed E-state index contributed by atoms with van der Waals surface area (Å²) < 4.78 is 33.0. The number of aryl methyl sites for hydroxylation is 1. The summed E-state index contributed by atoms with van der Waals surface area (Å²) in [7, 11) is -2.67. The molecule has 2 heterocycles. The minimum Gasteiger partial charge on any atom is -0.307 e. The molecular formula is C21H17ClN4O6S3. The average Bonchev–Trinajstić information content (AvgIpc) is 3.26.